The zero-order valence-corrected chi connectivity index (χ0v) is 18.3. The van der Waals surface area contributed by atoms with Gasteiger partial charge in [-0.1, -0.05) is 0 Å². The lowest BCUT2D eigenvalue weighted by molar-refractivity contribution is -0.125. The number of carbonyl (C=O) groups excluding carboxylic acids is 1. The van der Waals surface area contributed by atoms with Gasteiger partial charge in [-0.2, -0.15) is 5.10 Å². The van der Waals surface area contributed by atoms with Gasteiger partial charge in [0.25, 0.3) is 0 Å². The third-order valence-corrected chi connectivity index (χ3v) is 5.59. The van der Waals surface area contributed by atoms with E-state index < -0.39 is 0 Å². The molecule has 0 spiro atoms. The molecule has 2 atom stereocenters. The molecule has 0 unspecified atom stereocenters. The fourth-order valence-electron chi connectivity index (χ4n) is 4.07. The van der Waals surface area contributed by atoms with Crippen LogP contribution < -0.4 is 11.1 Å². The Balaban J connectivity index is 0.00000196. The number of nitrogens with two attached hydrogens (primary N) is 1. The summed E-state index contributed by atoms with van der Waals surface area (Å²) in [4.78, 5) is 15.1. The summed E-state index contributed by atoms with van der Waals surface area (Å²) in [5.41, 5.74) is 7.49. The molecule has 0 bridgehead atoms. The lowest BCUT2D eigenvalue weighted by atomic mass is 10.0. The molecule has 1 aromatic heterocycles. The van der Waals surface area contributed by atoms with Crippen molar-refractivity contribution in [2.75, 3.05) is 32.8 Å². The molecule has 2 aliphatic rings. The summed E-state index contributed by atoms with van der Waals surface area (Å²) in [6, 6.07) is 0.676. The van der Waals surface area contributed by atoms with Gasteiger partial charge in [-0.05, 0) is 44.1 Å². The fourth-order valence-corrected chi connectivity index (χ4v) is 4.07. The number of nitrogens with one attached hydrogen (secondary N) is 1. The number of likely N-dealkylation sites (tertiary alicyclic amines) is 1. The Hall–Kier alpha value is -0.860. The highest BCUT2D eigenvalue weighted by molar-refractivity contribution is 5.85. The first-order valence-electron chi connectivity index (χ1n) is 9.94. The van der Waals surface area contributed by atoms with Crippen molar-refractivity contribution >= 4 is 30.7 Å². The molecule has 0 aromatic carbocycles. The number of hydrogen-bond donors (Lipinski definition) is 2. The molecule has 0 saturated carbocycles. The first-order chi connectivity index (χ1) is 12.6. The number of rotatable bonds is 6. The van der Waals surface area contributed by atoms with Crippen LogP contribution in [0.25, 0.3) is 0 Å². The number of amides is 1. The topological polar surface area (TPSA) is 85.4 Å². The number of nitrogens with zero attached hydrogens (tertiary/aromatic N) is 3. The van der Waals surface area contributed by atoms with Gasteiger partial charge in [-0.15, -0.1) is 24.8 Å². The van der Waals surface area contributed by atoms with Crippen molar-refractivity contribution in [3.05, 3.63) is 18.0 Å². The van der Waals surface area contributed by atoms with Crippen LogP contribution in [-0.4, -0.2) is 65.5 Å². The van der Waals surface area contributed by atoms with Crippen molar-refractivity contribution in [2.24, 2.45) is 18.7 Å². The molecule has 9 heteroatoms. The van der Waals surface area contributed by atoms with Gasteiger partial charge in [-0.25, -0.2) is 0 Å². The number of ether oxygens (including phenoxy) is 1. The van der Waals surface area contributed by atoms with Gasteiger partial charge >= 0.3 is 0 Å². The van der Waals surface area contributed by atoms with E-state index in [4.69, 9.17) is 10.5 Å². The molecule has 0 radical (unpaired) electrons. The average Bonchev–Trinajstić information content (AvgIpc) is 2.96. The van der Waals surface area contributed by atoms with Crippen molar-refractivity contribution in [3.8, 4) is 0 Å². The zero-order chi connectivity index (χ0) is 18.4. The molecule has 7 nitrogen and oxygen atoms in total. The summed E-state index contributed by atoms with van der Waals surface area (Å²) in [7, 11) is 1.92. The Kier molecular flexibility index (Phi) is 11.4. The van der Waals surface area contributed by atoms with Crippen molar-refractivity contribution in [3.63, 3.8) is 0 Å². The van der Waals surface area contributed by atoms with Gasteiger partial charge in [0.2, 0.25) is 5.91 Å². The summed E-state index contributed by atoms with van der Waals surface area (Å²) in [5.74, 6) is 0.229. The third-order valence-electron chi connectivity index (χ3n) is 5.59. The Morgan fingerprint density at radius 2 is 2.00 bits per heavy atom. The van der Waals surface area contributed by atoms with Gasteiger partial charge in [0, 0.05) is 58.2 Å². The highest BCUT2D eigenvalue weighted by Gasteiger charge is 2.31. The van der Waals surface area contributed by atoms with Gasteiger partial charge in [0.1, 0.15) is 0 Å². The Bertz CT molecular complexity index is 580. The van der Waals surface area contributed by atoms with Gasteiger partial charge in [0.05, 0.1) is 12.1 Å². The lowest BCUT2D eigenvalue weighted by Crippen LogP contribution is -2.47. The second-order valence-electron chi connectivity index (χ2n) is 7.75. The third kappa shape index (κ3) is 7.52. The highest BCUT2D eigenvalue weighted by atomic mass is 35.5. The van der Waals surface area contributed by atoms with E-state index in [0.717, 1.165) is 64.8 Å². The van der Waals surface area contributed by atoms with Gasteiger partial charge in [-0.3, -0.25) is 14.4 Å². The number of carbonyl (C=O) groups is 1. The normalized spacial score (nSPS) is 23.9. The number of aryl methyl sites for hydroxylation is 2. The lowest BCUT2D eigenvalue weighted by Gasteiger charge is -2.35. The van der Waals surface area contributed by atoms with Crippen molar-refractivity contribution in [2.45, 2.75) is 50.6 Å². The summed E-state index contributed by atoms with van der Waals surface area (Å²) in [5, 5.41) is 7.31. The molecule has 162 valence electrons. The van der Waals surface area contributed by atoms with Crippen molar-refractivity contribution in [1.82, 2.24) is 20.0 Å². The second-order valence-corrected chi connectivity index (χ2v) is 7.75. The molecule has 3 N–H and O–H groups in total. The van der Waals surface area contributed by atoms with Crippen molar-refractivity contribution in [1.29, 1.82) is 0 Å². The van der Waals surface area contributed by atoms with E-state index in [1.807, 2.05) is 24.1 Å². The molecule has 3 heterocycles. The quantitative estimate of drug-likeness (QED) is 0.661. The standard InChI is InChI=1S/C19H33N5O2.2ClH/c1-23-12-15(11-22-23)3-2-8-21-19(25)16-4-5-17(20)14-24(13-16)18-6-9-26-10-7-18;;/h11-12,16-18H,2-10,13-14,20H2,1H3,(H,21,25);2*1H/t16-,17+;;/m1../s1. The van der Waals surface area contributed by atoms with Crippen LogP contribution in [0.3, 0.4) is 0 Å². The molecule has 1 amide bonds. The largest absolute Gasteiger partial charge is 0.381 e. The van der Waals surface area contributed by atoms with E-state index in [2.05, 4.69) is 15.3 Å². The van der Waals surface area contributed by atoms with Crippen LogP contribution >= 0.6 is 24.8 Å². The molecule has 0 aliphatic carbocycles. The highest BCUT2D eigenvalue weighted by Crippen LogP contribution is 2.22. The molecular weight excluding hydrogens is 401 g/mol. The monoisotopic (exact) mass is 435 g/mol. The van der Waals surface area contributed by atoms with Crippen LogP contribution in [0.2, 0.25) is 0 Å². The first-order valence-corrected chi connectivity index (χ1v) is 9.94. The van der Waals surface area contributed by atoms with E-state index in [1.54, 1.807) is 0 Å². The second kappa shape index (κ2) is 12.6. The van der Waals surface area contributed by atoms with Crippen molar-refractivity contribution < 1.29 is 9.53 Å². The molecular formula is C19H35Cl2N5O2. The molecule has 2 aliphatic heterocycles. The average molecular weight is 436 g/mol. The van der Waals surface area contributed by atoms with E-state index >= 15 is 0 Å². The van der Waals surface area contributed by atoms with Gasteiger partial charge < -0.3 is 15.8 Å². The van der Waals surface area contributed by atoms with Crippen LogP contribution in [0.1, 0.15) is 37.7 Å². The number of aromatic nitrogens is 2. The zero-order valence-electron chi connectivity index (χ0n) is 16.7. The molecule has 3 rings (SSSR count). The Labute approximate surface area is 180 Å². The van der Waals surface area contributed by atoms with Crippen LogP contribution in [0.4, 0.5) is 0 Å². The minimum Gasteiger partial charge on any atom is -0.381 e. The summed E-state index contributed by atoms with van der Waals surface area (Å²) >= 11 is 0. The minimum absolute atomic E-state index is 0. The van der Waals surface area contributed by atoms with Crippen LogP contribution in [0.5, 0.6) is 0 Å². The van der Waals surface area contributed by atoms with Crippen LogP contribution in [-0.2, 0) is 23.0 Å². The van der Waals surface area contributed by atoms with E-state index in [1.165, 1.54) is 5.56 Å². The maximum absolute atomic E-state index is 12.7. The maximum atomic E-state index is 12.7. The Morgan fingerprint density at radius 3 is 2.68 bits per heavy atom. The molecule has 1 aromatic rings. The van der Waals surface area contributed by atoms with Gasteiger partial charge in [0.15, 0.2) is 0 Å². The summed E-state index contributed by atoms with van der Waals surface area (Å²) < 4.78 is 7.30. The summed E-state index contributed by atoms with van der Waals surface area (Å²) in [6.45, 7) is 4.08. The van der Waals surface area contributed by atoms with E-state index in [9.17, 15) is 4.79 Å². The summed E-state index contributed by atoms with van der Waals surface area (Å²) in [6.07, 6.45) is 9.70. The SMILES string of the molecule is Cl.Cl.Cn1cc(CCCNC(=O)[C@@H]2CC[C@H](N)CN(C3CCOCC3)C2)cn1. The smallest absolute Gasteiger partial charge is 0.224 e. The van der Waals surface area contributed by atoms with Crippen LogP contribution in [0.15, 0.2) is 12.4 Å². The first kappa shape index (κ1) is 25.2. The van der Waals surface area contributed by atoms with E-state index in [0.29, 0.717) is 12.6 Å². The number of hydrogen-bond acceptors (Lipinski definition) is 5. The fraction of sp³-hybridized carbons (Fsp3) is 0.789. The van der Waals surface area contributed by atoms with E-state index in [-0.39, 0.29) is 42.7 Å². The molecule has 2 fully saturated rings. The Morgan fingerprint density at radius 1 is 1.25 bits per heavy atom. The number of halogens is 2. The minimum atomic E-state index is 0. The predicted octanol–water partition coefficient (Wildman–Crippen LogP) is 1.53. The molecule has 2 saturated heterocycles. The predicted molar refractivity (Wildman–Crippen MR) is 115 cm³/mol. The molecule has 28 heavy (non-hydrogen) atoms. The van der Waals surface area contributed by atoms with Crippen LogP contribution in [0, 0.1) is 5.92 Å². The maximum Gasteiger partial charge on any atom is 0.224 e.